The lowest BCUT2D eigenvalue weighted by molar-refractivity contribution is -0.152. The Morgan fingerprint density at radius 3 is 2.43 bits per heavy atom. The number of halogens is 3. The molecule has 5 amide bonds. The van der Waals surface area contributed by atoms with Crippen LogP contribution in [0, 0.1) is 23.6 Å². The van der Waals surface area contributed by atoms with Gasteiger partial charge in [0, 0.05) is 31.4 Å². The molecule has 1 aromatic carbocycles. The van der Waals surface area contributed by atoms with Crippen molar-refractivity contribution in [1.82, 2.24) is 25.2 Å². The largest absolute Gasteiger partial charge is 0.444 e. The van der Waals surface area contributed by atoms with Crippen LogP contribution >= 0.6 is 0 Å². The first kappa shape index (κ1) is 43.2. The number of hydrogen-bond donors (Lipinski definition) is 3. The molecule has 3 fully saturated rings. The van der Waals surface area contributed by atoms with E-state index in [1.807, 2.05) is 19.9 Å². The highest BCUT2D eigenvalue weighted by molar-refractivity contribution is 7.91. The molecule has 2 aliphatic carbocycles. The average Bonchev–Trinajstić information content (AvgIpc) is 3.92. The van der Waals surface area contributed by atoms with Crippen molar-refractivity contribution in [2.45, 2.75) is 146 Å². The Bertz CT molecular complexity index is 1970. The third-order valence-corrected chi connectivity index (χ3v) is 14.9. The monoisotopic (exact) mass is 837 g/mol. The molecule has 5 aliphatic rings. The predicted molar refractivity (Wildman–Crippen MR) is 204 cm³/mol. The minimum Gasteiger partial charge on any atom is -0.444 e. The summed E-state index contributed by atoms with van der Waals surface area (Å²) in [4.78, 5) is 72.4. The molecule has 0 radical (unpaired) electrons. The highest BCUT2D eigenvalue weighted by atomic mass is 32.2. The van der Waals surface area contributed by atoms with E-state index in [4.69, 9.17) is 9.47 Å². The van der Waals surface area contributed by atoms with Crippen LogP contribution in [0.1, 0.15) is 104 Å². The third-order valence-electron chi connectivity index (χ3n) is 12.7. The Balaban J connectivity index is 1.32. The summed E-state index contributed by atoms with van der Waals surface area (Å²) >= 11 is 0. The van der Waals surface area contributed by atoms with Crippen LogP contribution in [-0.4, -0.2) is 94.7 Å². The topological polar surface area (TPSA) is 181 Å². The Kier molecular flexibility index (Phi) is 11.7. The molecular weight excluding hydrogens is 784 g/mol. The first-order valence-electron chi connectivity index (χ1n) is 20.0. The summed E-state index contributed by atoms with van der Waals surface area (Å²) in [6.07, 6.45) is 3.00. The Labute approximate surface area is 337 Å². The number of fused-ring (bicyclic) bond motifs is 3. The number of alkyl carbamates (subject to hydrolysis) is 1. The molecular formula is C40H54F3N5O9S. The number of hydrogen-bond acceptors (Lipinski definition) is 9. The summed E-state index contributed by atoms with van der Waals surface area (Å²) in [6, 6.07) is 1.74. The van der Waals surface area contributed by atoms with Crippen LogP contribution in [0.3, 0.4) is 0 Å². The molecule has 0 unspecified atom stereocenters. The fourth-order valence-electron chi connectivity index (χ4n) is 8.02. The number of amides is 5. The molecule has 6 rings (SSSR count). The zero-order chi connectivity index (χ0) is 42.6. The molecule has 0 spiro atoms. The predicted octanol–water partition coefficient (Wildman–Crippen LogP) is 5.05. The van der Waals surface area contributed by atoms with Crippen molar-refractivity contribution in [2.24, 2.45) is 17.8 Å². The molecule has 3 N–H and O–H groups in total. The molecule has 3 heterocycles. The van der Waals surface area contributed by atoms with Crippen LogP contribution in [0.25, 0.3) is 0 Å². The lowest BCUT2D eigenvalue weighted by Gasteiger charge is -2.35. The summed E-state index contributed by atoms with van der Waals surface area (Å²) in [7, 11) is -4.09. The highest BCUT2D eigenvalue weighted by Crippen LogP contribution is 2.48. The lowest BCUT2D eigenvalue weighted by atomic mass is 9.85. The van der Waals surface area contributed by atoms with E-state index in [0.717, 1.165) is 18.7 Å². The van der Waals surface area contributed by atoms with Gasteiger partial charge in [0.1, 0.15) is 29.5 Å². The van der Waals surface area contributed by atoms with Gasteiger partial charge in [-0.3, -0.25) is 24.0 Å². The van der Waals surface area contributed by atoms with Gasteiger partial charge in [0.05, 0.1) is 17.8 Å². The second kappa shape index (κ2) is 15.7. The summed E-state index contributed by atoms with van der Waals surface area (Å²) in [6.45, 7) is 7.66. The second-order valence-corrected chi connectivity index (χ2v) is 19.8. The van der Waals surface area contributed by atoms with E-state index in [0.29, 0.717) is 56.6 Å². The van der Waals surface area contributed by atoms with Gasteiger partial charge < -0.3 is 25.0 Å². The van der Waals surface area contributed by atoms with Crippen LogP contribution in [0.4, 0.5) is 22.8 Å². The summed E-state index contributed by atoms with van der Waals surface area (Å²) in [5, 5.41) is 5.29. The number of ether oxygens (including phenoxy) is 2. The van der Waals surface area contributed by atoms with Crippen LogP contribution < -0.4 is 15.4 Å². The molecule has 0 bridgehead atoms. The first-order valence-corrected chi connectivity index (χ1v) is 21.4. The molecule has 1 aromatic rings. The molecule has 2 saturated carbocycles. The second-order valence-electron chi connectivity index (χ2n) is 17.6. The summed E-state index contributed by atoms with van der Waals surface area (Å²) in [5.74, 6) is -7.57. The maximum absolute atomic E-state index is 14.8. The molecule has 58 heavy (non-hydrogen) atoms. The number of rotatable bonds is 8. The minimum atomic E-state index is -4.09. The van der Waals surface area contributed by atoms with Gasteiger partial charge in [-0.15, -0.1) is 0 Å². The van der Waals surface area contributed by atoms with Gasteiger partial charge in [0.25, 0.3) is 11.8 Å². The van der Waals surface area contributed by atoms with E-state index in [1.54, 1.807) is 12.1 Å². The van der Waals surface area contributed by atoms with Gasteiger partial charge in [-0.05, 0) is 82.8 Å². The van der Waals surface area contributed by atoms with Crippen LogP contribution in [0.15, 0.2) is 30.4 Å². The SMILES string of the molecule is CC[C@@H]1C[C@H](C)CC/C=C\[C@@H]2C[C@@]2(C(=O)NS(=O)(=O)C2(C)CC2)NC(=O)[C@@H]2C[C@@H](OC(=O)N3Cc4cccc(F)c4C3)CN2C(=O)[C@H]1NC(=O)OC(C)(C)C(C)(F)F. The van der Waals surface area contributed by atoms with Crippen LogP contribution in [0.5, 0.6) is 0 Å². The van der Waals surface area contributed by atoms with Gasteiger partial charge in [-0.1, -0.05) is 44.6 Å². The van der Waals surface area contributed by atoms with Crippen molar-refractivity contribution in [3.8, 4) is 0 Å². The van der Waals surface area contributed by atoms with Crippen molar-refractivity contribution < 1.29 is 55.0 Å². The fraction of sp³-hybridized carbons (Fsp3) is 0.675. The normalized spacial score (nSPS) is 30.4. The summed E-state index contributed by atoms with van der Waals surface area (Å²) < 4.78 is 81.8. The van der Waals surface area contributed by atoms with E-state index < -0.39 is 97.6 Å². The number of benzene rings is 1. The molecule has 3 aliphatic heterocycles. The van der Waals surface area contributed by atoms with Crippen molar-refractivity contribution in [1.29, 1.82) is 0 Å². The maximum Gasteiger partial charge on any atom is 0.410 e. The highest BCUT2D eigenvalue weighted by Gasteiger charge is 2.63. The number of nitrogens with one attached hydrogen (secondary N) is 3. The number of nitrogens with zero attached hydrogens (tertiary/aromatic N) is 2. The van der Waals surface area contributed by atoms with Crippen LogP contribution in [-0.2, 0) is 47.0 Å². The van der Waals surface area contributed by atoms with Crippen molar-refractivity contribution in [3.63, 3.8) is 0 Å². The zero-order valence-corrected chi connectivity index (χ0v) is 34.6. The molecule has 18 heteroatoms. The Hall–Kier alpha value is -4.35. The number of alkyl halides is 2. The number of allylic oxidation sites excluding steroid dienone is 1. The van der Waals surface area contributed by atoms with Gasteiger partial charge >= 0.3 is 12.2 Å². The van der Waals surface area contributed by atoms with Gasteiger partial charge in [0.15, 0.2) is 5.60 Å². The smallest absolute Gasteiger partial charge is 0.410 e. The Morgan fingerprint density at radius 2 is 1.79 bits per heavy atom. The number of carbonyl (C=O) groups excluding carboxylic acids is 5. The molecule has 7 atom stereocenters. The molecule has 1 saturated heterocycles. The van der Waals surface area contributed by atoms with Crippen LogP contribution in [0.2, 0.25) is 0 Å². The molecule has 0 aromatic heterocycles. The van der Waals surface area contributed by atoms with Crippen molar-refractivity contribution >= 4 is 39.9 Å². The van der Waals surface area contributed by atoms with Gasteiger partial charge in [0.2, 0.25) is 21.8 Å². The zero-order valence-electron chi connectivity index (χ0n) is 33.7. The average molecular weight is 838 g/mol. The first-order chi connectivity index (χ1) is 27.0. The molecule has 320 valence electrons. The van der Waals surface area contributed by atoms with E-state index in [9.17, 15) is 45.6 Å². The maximum atomic E-state index is 14.8. The van der Waals surface area contributed by atoms with Gasteiger partial charge in [-0.25, -0.2) is 31.2 Å². The van der Waals surface area contributed by atoms with E-state index in [1.165, 1.54) is 24.0 Å². The minimum absolute atomic E-state index is 0.0155. The van der Waals surface area contributed by atoms with Crippen molar-refractivity contribution in [2.75, 3.05) is 6.54 Å². The van der Waals surface area contributed by atoms with Crippen molar-refractivity contribution in [3.05, 3.63) is 47.3 Å². The quantitative estimate of drug-likeness (QED) is 0.302. The lowest BCUT2D eigenvalue weighted by Crippen LogP contribution is -2.60. The fourth-order valence-corrected chi connectivity index (χ4v) is 9.33. The number of sulfonamides is 1. The van der Waals surface area contributed by atoms with Gasteiger partial charge in [-0.2, -0.15) is 0 Å². The third kappa shape index (κ3) is 8.67. The molecule has 14 nitrogen and oxygen atoms in total. The van der Waals surface area contributed by atoms with E-state index in [-0.39, 0.29) is 38.4 Å². The van der Waals surface area contributed by atoms with E-state index >= 15 is 0 Å². The number of carbonyl (C=O) groups is 5. The standard InChI is InChI=1S/C40H54F3N5O9S/c1-7-24-17-23(2)11-8-9-13-26-19-40(26,34(51)46-58(54,55)38(5)15-16-38)45-32(49)30-18-27(56-36(53)47-20-25-12-10-14-29(41)28(25)22-47)21-48(30)33(50)31(24)44-35(52)57-37(3,4)39(6,42)43/h9-10,12-14,23-24,26-27,30-31H,7-8,11,15-22H2,1-6H3,(H,44,52)(H,45,49)(H,46,51)/b13-9-/t23-,24-,26-,27-,30+,31+,40-/m1/s1. The summed E-state index contributed by atoms with van der Waals surface area (Å²) in [5.41, 5.74) is -2.98. The van der Waals surface area contributed by atoms with E-state index in [2.05, 4.69) is 15.4 Å². The Morgan fingerprint density at radius 1 is 1.09 bits per heavy atom.